The number of para-hydroxylation sites is 1. The van der Waals surface area contributed by atoms with Crippen LogP contribution in [0.2, 0.25) is 0 Å². The molecule has 5 heteroatoms. The molecule has 3 rings (SSSR count). The van der Waals surface area contributed by atoms with E-state index in [1.807, 2.05) is 30.3 Å². The summed E-state index contributed by atoms with van der Waals surface area (Å²) in [6, 6.07) is 15.7. The van der Waals surface area contributed by atoms with Crippen molar-refractivity contribution in [1.29, 1.82) is 0 Å². The monoisotopic (exact) mass is 313 g/mol. The molecule has 1 N–H and O–H groups in total. The minimum Gasteiger partial charge on any atom is -0.492 e. The zero-order valence-electron chi connectivity index (χ0n) is 12.8. The molecule has 2 aromatic carbocycles. The first-order valence-corrected chi connectivity index (χ1v) is 7.57. The Morgan fingerprint density at radius 3 is 2.74 bits per heavy atom. The van der Waals surface area contributed by atoms with Gasteiger partial charge in [0.25, 0.3) is 0 Å². The van der Waals surface area contributed by atoms with Crippen LogP contribution in [0, 0.1) is 0 Å². The van der Waals surface area contributed by atoms with Crippen LogP contribution in [0.25, 0.3) is 0 Å². The van der Waals surface area contributed by atoms with E-state index in [0.29, 0.717) is 12.4 Å². The first-order valence-electron chi connectivity index (χ1n) is 7.57. The summed E-state index contributed by atoms with van der Waals surface area (Å²) in [6.45, 7) is 2.90. The lowest BCUT2D eigenvalue weighted by Crippen LogP contribution is -2.25. The molecule has 0 saturated carbocycles. The summed E-state index contributed by atoms with van der Waals surface area (Å²) in [5.41, 5.74) is 2.36. The molecule has 0 unspecified atom stereocenters. The van der Waals surface area contributed by atoms with Crippen LogP contribution in [-0.2, 0) is 17.9 Å². The Kier molecular flexibility index (Phi) is 4.78. The highest BCUT2D eigenvalue weighted by Crippen LogP contribution is 2.23. The highest BCUT2D eigenvalue weighted by molar-refractivity contribution is 5.68. The Morgan fingerprint density at radius 1 is 1.17 bits per heavy atom. The minimum atomic E-state index is -0.975. The number of ether oxygens (including phenoxy) is 2. The number of carbonyl (C=O) groups is 1. The van der Waals surface area contributed by atoms with Crippen molar-refractivity contribution in [1.82, 2.24) is 4.90 Å². The van der Waals surface area contributed by atoms with Crippen molar-refractivity contribution in [3.8, 4) is 11.5 Å². The predicted octanol–water partition coefficient (Wildman–Crippen LogP) is 2.54. The Morgan fingerprint density at radius 2 is 1.96 bits per heavy atom. The number of carboxylic acids is 1. The number of benzene rings is 2. The molecule has 0 spiro atoms. The second-order valence-corrected chi connectivity index (χ2v) is 5.49. The van der Waals surface area contributed by atoms with Gasteiger partial charge < -0.3 is 14.6 Å². The Labute approximate surface area is 135 Å². The summed E-state index contributed by atoms with van der Waals surface area (Å²) in [5.74, 6) is 0.561. The van der Waals surface area contributed by atoms with Gasteiger partial charge in [0.15, 0.2) is 6.61 Å². The van der Waals surface area contributed by atoms with Gasteiger partial charge in [-0.2, -0.15) is 0 Å². The van der Waals surface area contributed by atoms with E-state index in [1.165, 1.54) is 5.56 Å². The third-order valence-electron chi connectivity index (χ3n) is 3.72. The van der Waals surface area contributed by atoms with Crippen LogP contribution in [0.3, 0.4) is 0 Å². The van der Waals surface area contributed by atoms with E-state index < -0.39 is 5.97 Å². The fraction of sp³-hybridized carbons (Fsp3) is 0.278. The van der Waals surface area contributed by atoms with Crippen molar-refractivity contribution in [3.63, 3.8) is 0 Å². The molecular formula is C18H19NO4. The fourth-order valence-electron chi connectivity index (χ4n) is 2.61. The van der Waals surface area contributed by atoms with Gasteiger partial charge in [-0.05, 0) is 23.8 Å². The van der Waals surface area contributed by atoms with E-state index in [0.717, 1.165) is 30.9 Å². The molecule has 5 nitrogen and oxygen atoms in total. The number of nitrogens with zero attached hydrogens (tertiary/aromatic N) is 1. The van der Waals surface area contributed by atoms with E-state index in [2.05, 4.69) is 11.0 Å². The zero-order valence-corrected chi connectivity index (χ0v) is 12.8. The van der Waals surface area contributed by atoms with E-state index in [4.69, 9.17) is 14.6 Å². The normalized spacial score (nSPS) is 14.4. The fourth-order valence-corrected chi connectivity index (χ4v) is 2.61. The number of fused-ring (bicyclic) bond motifs is 1. The van der Waals surface area contributed by atoms with Crippen LogP contribution < -0.4 is 9.47 Å². The highest BCUT2D eigenvalue weighted by Gasteiger charge is 2.15. The lowest BCUT2D eigenvalue weighted by Gasteiger charge is -2.19. The van der Waals surface area contributed by atoms with Crippen molar-refractivity contribution >= 4 is 5.97 Å². The molecule has 0 fully saturated rings. The molecule has 0 aliphatic carbocycles. The average molecular weight is 313 g/mol. The topological polar surface area (TPSA) is 59.0 Å². The van der Waals surface area contributed by atoms with Crippen molar-refractivity contribution in [2.24, 2.45) is 0 Å². The van der Waals surface area contributed by atoms with Gasteiger partial charge >= 0.3 is 5.97 Å². The lowest BCUT2D eigenvalue weighted by atomic mass is 10.1. The second-order valence-electron chi connectivity index (χ2n) is 5.49. The van der Waals surface area contributed by atoms with Gasteiger partial charge in [-0.3, -0.25) is 4.90 Å². The van der Waals surface area contributed by atoms with Gasteiger partial charge in [0.05, 0.1) is 0 Å². The largest absolute Gasteiger partial charge is 0.492 e. The van der Waals surface area contributed by atoms with E-state index >= 15 is 0 Å². The van der Waals surface area contributed by atoms with Gasteiger partial charge in [0.1, 0.15) is 18.1 Å². The molecule has 0 amide bonds. The number of carboxylic acid groups (broad SMARTS) is 1. The molecule has 2 aromatic rings. The van der Waals surface area contributed by atoms with Crippen LogP contribution >= 0.6 is 0 Å². The molecule has 0 radical (unpaired) electrons. The maximum absolute atomic E-state index is 10.5. The van der Waals surface area contributed by atoms with Crippen LogP contribution in [0.1, 0.15) is 11.1 Å². The van der Waals surface area contributed by atoms with E-state index in [1.54, 1.807) is 12.1 Å². The quantitative estimate of drug-likeness (QED) is 0.919. The van der Waals surface area contributed by atoms with E-state index in [-0.39, 0.29) is 6.61 Å². The highest BCUT2D eigenvalue weighted by atomic mass is 16.5. The van der Waals surface area contributed by atoms with Gasteiger partial charge in [-0.15, -0.1) is 0 Å². The SMILES string of the molecule is O=C(O)COc1ccc(CN2CCOc3ccccc3C2)cc1. The van der Waals surface area contributed by atoms with Crippen molar-refractivity contribution in [2.45, 2.75) is 13.1 Å². The third-order valence-corrected chi connectivity index (χ3v) is 3.72. The maximum atomic E-state index is 10.5. The Bertz CT molecular complexity index is 669. The number of hydrogen-bond donors (Lipinski definition) is 1. The van der Waals surface area contributed by atoms with Crippen molar-refractivity contribution < 1.29 is 19.4 Å². The second kappa shape index (κ2) is 7.15. The molecular weight excluding hydrogens is 294 g/mol. The molecule has 1 aliphatic rings. The maximum Gasteiger partial charge on any atom is 0.341 e. The van der Waals surface area contributed by atoms with E-state index in [9.17, 15) is 4.79 Å². The first kappa shape index (κ1) is 15.4. The molecule has 0 saturated heterocycles. The lowest BCUT2D eigenvalue weighted by molar-refractivity contribution is -0.139. The predicted molar refractivity (Wildman–Crippen MR) is 85.6 cm³/mol. The number of aliphatic carboxylic acids is 1. The summed E-state index contributed by atoms with van der Waals surface area (Å²) >= 11 is 0. The summed E-state index contributed by atoms with van der Waals surface area (Å²) in [6.07, 6.45) is 0. The molecule has 0 atom stereocenters. The Hall–Kier alpha value is -2.53. The smallest absolute Gasteiger partial charge is 0.341 e. The van der Waals surface area contributed by atoms with Gasteiger partial charge in [-0.1, -0.05) is 30.3 Å². The van der Waals surface area contributed by atoms with Crippen LogP contribution in [0.5, 0.6) is 11.5 Å². The van der Waals surface area contributed by atoms with Crippen LogP contribution in [0.15, 0.2) is 48.5 Å². The number of hydrogen-bond acceptors (Lipinski definition) is 4. The molecule has 120 valence electrons. The van der Waals surface area contributed by atoms with Gasteiger partial charge in [-0.25, -0.2) is 4.79 Å². The van der Waals surface area contributed by atoms with Gasteiger partial charge in [0, 0.05) is 25.2 Å². The third kappa shape index (κ3) is 4.23. The summed E-state index contributed by atoms with van der Waals surface area (Å²) in [5, 5.41) is 8.61. The molecule has 0 bridgehead atoms. The van der Waals surface area contributed by atoms with Gasteiger partial charge in [0.2, 0.25) is 0 Å². The molecule has 23 heavy (non-hydrogen) atoms. The summed E-state index contributed by atoms with van der Waals surface area (Å²) < 4.78 is 10.9. The molecule has 1 heterocycles. The summed E-state index contributed by atoms with van der Waals surface area (Å²) in [4.78, 5) is 12.8. The van der Waals surface area contributed by atoms with Crippen LogP contribution in [0.4, 0.5) is 0 Å². The van der Waals surface area contributed by atoms with Crippen molar-refractivity contribution in [2.75, 3.05) is 19.8 Å². The summed E-state index contributed by atoms with van der Waals surface area (Å²) in [7, 11) is 0. The molecule has 1 aliphatic heterocycles. The first-order chi connectivity index (χ1) is 11.2. The minimum absolute atomic E-state index is 0.320. The number of rotatable bonds is 5. The zero-order chi connectivity index (χ0) is 16.1. The Balaban J connectivity index is 1.62. The standard InChI is InChI=1S/C18H19NO4/c20-18(21)13-23-16-7-5-14(6-8-16)11-19-9-10-22-17-4-2-1-3-15(17)12-19/h1-8H,9-13H2,(H,20,21). The van der Waals surface area contributed by atoms with Crippen LogP contribution in [-0.4, -0.2) is 35.7 Å². The van der Waals surface area contributed by atoms with Crippen molar-refractivity contribution in [3.05, 3.63) is 59.7 Å². The average Bonchev–Trinajstić information content (AvgIpc) is 2.76. The molecule has 0 aromatic heterocycles.